The fourth-order valence-electron chi connectivity index (χ4n) is 1.74. The van der Waals surface area contributed by atoms with Crippen LogP contribution in [0.4, 0.5) is 0 Å². The number of carbonyl (C=O) groups is 1. The van der Waals surface area contributed by atoms with Crippen LogP contribution in [0.1, 0.15) is 13.8 Å². The molecule has 1 aliphatic heterocycles. The van der Waals surface area contributed by atoms with Gasteiger partial charge in [-0.15, -0.1) is 0 Å². The van der Waals surface area contributed by atoms with Crippen molar-refractivity contribution in [2.24, 2.45) is 5.92 Å². The lowest BCUT2D eigenvalue weighted by Gasteiger charge is -2.32. The summed E-state index contributed by atoms with van der Waals surface area (Å²) >= 11 is 0. The third-order valence-electron chi connectivity index (χ3n) is 3.01. The molecule has 106 valence electrons. The van der Waals surface area contributed by atoms with Crippen molar-refractivity contribution < 1.29 is 18.3 Å². The van der Waals surface area contributed by atoms with Crippen molar-refractivity contribution in [2.45, 2.75) is 19.9 Å². The summed E-state index contributed by atoms with van der Waals surface area (Å²) in [5, 5.41) is 8.99. The molecule has 0 radical (unpaired) electrons. The maximum Gasteiger partial charge on any atom is 0.322 e. The summed E-state index contributed by atoms with van der Waals surface area (Å²) in [4.78, 5) is 13.0. The first-order valence-corrected chi connectivity index (χ1v) is 7.37. The summed E-state index contributed by atoms with van der Waals surface area (Å²) in [5.41, 5.74) is 0. The minimum atomic E-state index is -3.72. The first-order chi connectivity index (χ1) is 8.24. The summed E-state index contributed by atoms with van der Waals surface area (Å²) in [6.45, 7) is 5.42. The van der Waals surface area contributed by atoms with Crippen LogP contribution in [0.5, 0.6) is 0 Å². The SMILES string of the molecule is CC(C)[C@H](NS(=O)(=O)N1CCN(C)CC1)C(=O)O. The van der Waals surface area contributed by atoms with E-state index in [2.05, 4.69) is 4.72 Å². The quantitative estimate of drug-likeness (QED) is 0.686. The molecule has 1 rings (SSSR count). The molecule has 2 N–H and O–H groups in total. The Balaban J connectivity index is 2.72. The second-order valence-electron chi connectivity index (χ2n) is 4.89. The van der Waals surface area contributed by atoms with Crippen LogP contribution in [0, 0.1) is 5.92 Å². The zero-order chi connectivity index (χ0) is 13.9. The van der Waals surface area contributed by atoms with Crippen LogP contribution in [0.15, 0.2) is 0 Å². The second kappa shape index (κ2) is 5.96. The summed E-state index contributed by atoms with van der Waals surface area (Å²) < 4.78 is 27.6. The molecule has 0 unspecified atom stereocenters. The van der Waals surface area contributed by atoms with Crippen molar-refractivity contribution in [3.05, 3.63) is 0 Å². The van der Waals surface area contributed by atoms with Crippen LogP contribution in [0.3, 0.4) is 0 Å². The Labute approximate surface area is 108 Å². The van der Waals surface area contributed by atoms with E-state index >= 15 is 0 Å². The highest BCUT2D eigenvalue weighted by atomic mass is 32.2. The Kier molecular flexibility index (Phi) is 5.09. The fourth-order valence-corrected chi connectivity index (χ4v) is 3.22. The number of hydrogen-bond donors (Lipinski definition) is 2. The number of likely N-dealkylation sites (N-methyl/N-ethyl adjacent to an activating group) is 1. The molecule has 0 saturated carbocycles. The lowest BCUT2D eigenvalue weighted by Crippen LogP contribution is -2.55. The molecule has 0 aromatic rings. The van der Waals surface area contributed by atoms with Gasteiger partial charge in [0, 0.05) is 26.2 Å². The first-order valence-electron chi connectivity index (χ1n) is 5.93. The summed E-state index contributed by atoms with van der Waals surface area (Å²) in [6.07, 6.45) is 0. The van der Waals surface area contributed by atoms with E-state index in [-0.39, 0.29) is 5.92 Å². The van der Waals surface area contributed by atoms with Gasteiger partial charge >= 0.3 is 5.97 Å². The van der Waals surface area contributed by atoms with Gasteiger partial charge in [-0.3, -0.25) is 4.79 Å². The van der Waals surface area contributed by atoms with Crippen LogP contribution in [-0.2, 0) is 15.0 Å². The Bertz CT molecular complexity index is 388. The maximum absolute atomic E-state index is 12.0. The Morgan fingerprint density at radius 2 is 1.72 bits per heavy atom. The second-order valence-corrected chi connectivity index (χ2v) is 6.59. The van der Waals surface area contributed by atoms with E-state index in [0.29, 0.717) is 26.2 Å². The third-order valence-corrected chi connectivity index (χ3v) is 4.61. The van der Waals surface area contributed by atoms with Crippen molar-refractivity contribution in [2.75, 3.05) is 33.2 Å². The molecule has 0 bridgehead atoms. The predicted octanol–water partition coefficient (Wildman–Crippen LogP) is -0.823. The smallest absolute Gasteiger partial charge is 0.322 e. The molecule has 0 spiro atoms. The third kappa shape index (κ3) is 3.91. The fraction of sp³-hybridized carbons (Fsp3) is 0.900. The van der Waals surface area contributed by atoms with E-state index < -0.39 is 22.2 Å². The summed E-state index contributed by atoms with van der Waals surface area (Å²) in [7, 11) is -1.80. The molecular weight excluding hydrogens is 258 g/mol. The molecular formula is C10H21N3O4S. The Morgan fingerprint density at radius 3 is 2.11 bits per heavy atom. The van der Waals surface area contributed by atoms with E-state index in [4.69, 9.17) is 5.11 Å². The molecule has 1 atom stereocenters. The van der Waals surface area contributed by atoms with Crippen molar-refractivity contribution in [1.82, 2.24) is 13.9 Å². The normalized spacial score (nSPS) is 21.1. The van der Waals surface area contributed by atoms with Gasteiger partial charge in [-0.1, -0.05) is 13.8 Å². The minimum Gasteiger partial charge on any atom is -0.480 e. The van der Waals surface area contributed by atoms with Crippen LogP contribution < -0.4 is 4.72 Å². The molecule has 8 heteroatoms. The number of nitrogens with one attached hydrogen (secondary N) is 1. The average molecular weight is 279 g/mol. The van der Waals surface area contributed by atoms with Gasteiger partial charge in [0.05, 0.1) is 0 Å². The average Bonchev–Trinajstić information content (AvgIpc) is 2.26. The van der Waals surface area contributed by atoms with Gasteiger partial charge in [-0.05, 0) is 13.0 Å². The standard InChI is InChI=1S/C10H21N3O4S/c1-8(2)9(10(14)15)11-18(16,17)13-6-4-12(3)5-7-13/h8-9,11H,4-7H2,1-3H3,(H,14,15)/t9-/m0/s1. The van der Waals surface area contributed by atoms with Crippen LogP contribution in [0.2, 0.25) is 0 Å². The number of carboxylic acid groups (broad SMARTS) is 1. The summed E-state index contributed by atoms with van der Waals surface area (Å²) in [6, 6.07) is -1.09. The van der Waals surface area contributed by atoms with E-state index in [1.54, 1.807) is 13.8 Å². The van der Waals surface area contributed by atoms with Crippen molar-refractivity contribution >= 4 is 16.2 Å². The van der Waals surface area contributed by atoms with Gasteiger partial charge in [0.25, 0.3) is 10.2 Å². The van der Waals surface area contributed by atoms with E-state index in [9.17, 15) is 13.2 Å². The molecule has 0 aliphatic carbocycles. The number of aliphatic carboxylic acids is 1. The highest BCUT2D eigenvalue weighted by Gasteiger charge is 2.32. The van der Waals surface area contributed by atoms with Crippen molar-refractivity contribution in [3.8, 4) is 0 Å². The monoisotopic (exact) mass is 279 g/mol. The zero-order valence-electron chi connectivity index (χ0n) is 11.0. The highest BCUT2D eigenvalue weighted by Crippen LogP contribution is 2.09. The topological polar surface area (TPSA) is 90.0 Å². The Hall–Kier alpha value is -0.700. The Morgan fingerprint density at radius 1 is 1.22 bits per heavy atom. The highest BCUT2D eigenvalue weighted by molar-refractivity contribution is 7.87. The molecule has 18 heavy (non-hydrogen) atoms. The summed E-state index contributed by atoms with van der Waals surface area (Å²) in [5.74, 6) is -1.45. The van der Waals surface area contributed by atoms with Gasteiger partial charge in [0.15, 0.2) is 0 Å². The molecule has 7 nitrogen and oxygen atoms in total. The van der Waals surface area contributed by atoms with Gasteiger partial charge < -0.3 is 10.0 Å². The maximum atomic E-state index is 12.0. The van der Waals surface area contributed by atoms with Crippen LogP contribution in [0.25, 0.3) is 0 Å². The number of rotatable bonds is 5. The predicted molar refractivity (Wildman–Crippen MR) is 67.4 cm³/mol. The zero-order valence-corrected chi connectivity index (χ0v) is 11.8. The minimum absolute atomic E-state index is 0.301. The van der Waals surface area contributed by atoms with Gasteiger partial charge in [-0.2, -0.15) is 17.4 Å². The molecule has 1 saturated heterocycles. The van der Waals surface area contributed by atoms with Gasteiger partial charge in [0.2, 0.25) is 0 Å². The van der Waals surface area contributed by atoms with Gasteiger partial charge in [0.1, 0.15) is 6.04 Å². The van der Waals surface area contributed by atoms with Crippen molar-refractivity contribution in [1.29, 1.82) is 0 Å². The molecule has 1 fully saturated rings. The van der Waals surface area contributed by atoms with Crippen molar-refractivity contribution in [3.63, 3.8) is 0 Å². The lowest BCUT2D eigenvalue weighted by atomic mass is 10.1. The molecule has 1 aliphatic rings. The molecule has 0 amide bonds. The number of carboxylic acids is 1. The number of piperazine rings is 1. The van der Waals surface area contributed by atoms with Crippen LogP contribution in [-0.4, -0.2) is 68.0 Å². The molecule has 0 aromatic heterocycles. The van der Waals surface area contributed by atoms with E-state index in [1.165, 1.54) is 4.31 Å². The van der Waals surface area contributed by atoms with Crippen LogP contribution >= 0.6 is 0 Å². The van der Waals surface area contributed by atoms with E-state index in [1.807, 2.05) is 11.9 Å². The first kappa shape index (κ1) is 15.4. The van der Waals surface area contributed by atoms with E-state index in [0.717, 1.165) is 0 Å². The number of nitrogens with zero attached hydrogens (tertiary/aromatic N) is 2. The lowest BCUT2D eigenvalue weighted by molar-refractivity contribution is -0.140. The number of hydrogen-bond acceptors (Lipinski definition) is 4. The molecule has 0 aromatic carbocycles. The molecule has 1 heterocycles. The van der Waals surface area contributed by atoms with Gasteiger partial charge in [-0.25, -0.2) is 0 Å². The largest absolute Gasteiger partial charge is 0.480 e.